The number of aromatic nitrogens is 2. The summed E-state index contributed by atoms with van der Waals surface area (Å²) in [6.07, 6.45) is 3.44. The predicted octanol–water partition coefficient (Wildman–Crippen LogP) is 2.16. The number of nitrogens with one attached hydrogen (secondary N) is 1. The molecule has 0 saturated carbocycles. The highest BCUT2D eigenvalue weighted by Crippen LogP contribution is 2.16. The van der Waals surface area contributed by atoms with Gasteiger partial charge >= 0.3 is 0 Å². The molecule has 0 aliphatic heterocycles. The molecule has 4 nitrogen and oxygen atoms in total. The smallest absolute Gasteiger partial charge is 0.217 e. The van der Waals surface area contributed by atoms with E-state index in [9.17, 15) is 0 Å². The quantitative estimate of drug-likeness (QED) is 0.891. The molecule has 0 saturated heterocycles. The number of rotatable bonds is 4. The van der Waals surface area contributed by atoms with Crippen LogP contribution >= 0.6 is 0 Å². The van der Waals surface area contributed by atoms with Crippen LogP contribution in [0, 0.1) is 18.3 Å². The number of hydrogen-bond donors (Lipinski definition) is 1. The second kappa shape index (κ2) is 5.48. The van der Waals surface area contributed by atoms with E-state index >= 15 is 0 Å². The Balaban J connectivity index is 2.32. The highest BCUT2D eigenvalue weighted by Gasteiger charge is 2.05. The van der Waals surface area contributed by atoms with Gasteiger partial charge in [0.05, 0.1) is 0 Å². The van der Waals surface area contributed by atoms with Crippen molar-refractivity contribution >= 4 is 0 Å². The van der Waals surface area contributed by atoms with E-state index in [2.05, 4.69) is 42.4 Å². The van der Waals surface area contributed by atoms with Crippen molar-refractivity contribution in [3.8, 4) is 11.8 Å². The molecule has 0 spiro atoms. The van der Waals surface area contributed by atoms with Gasteiger partial charge in [-0.2, -0.15) is 5.26 Å². The van der Waals surface area contributed by atoms with Gasteiger partial charge in [-0.25, -0.2) is 4.98 Å². The van der Waals surface area contributed by atoms with Crippen molar-refractivity contribution in [2.45, 2.75) is 20.4 Å². The highest BCUT2D eigenvalue weighted by atomic mass is 15.1. The lowest BCUT2D eigenvalue weighted by Crippen LogP contribution is -2.12. The third-order valence-electron chi connectivity index (χ3n) is 2.91. The summed E-state index contributed by atoms with van der Waals surface area (Å²) in [4.78, 5) is 4.00. The van der Waals surface area contributed by atoms with Gasteiger partial charge in [-0.15, -0.1) is 0 Å². The SMILES string of the molecule is CCNCc1ccc(-n2ccnc2C#N)cc1C. The molecule has 18 heavy (non-hydrogen) atoms. The summed E-state index contributed by atoms with van der Waals surface area (Å²) in [5, 5.41) is 12.3. The molecule has 92 valence electrons. The van der Waals surface area contributed by atoms with Crippen LogP contribution < -0.4 is 5.32 Å². The Bertz CT molecular complexity index is 578. The monoisotopic (exact) mass is 240 g/mol. The molecular weight excluding hydrogens is 224 g/mol. The average Bonchev–Trinajstić information content (AvgIpc) is 2.85. The van der Waals surface area contributed by atoms with Crippen molar-refractivity contribution in [1.29, 1.82) is 5.26 Å². The Morgan fingerprint density at radius 1 is 1.44 bits per heavy atom. The molecule has 2 rings (SSSR count). The number of aryl methyl sites for hydroxylation is 1. The Morgan fingerprint density at radius 3 is 2.94 bits per heavy atom. The number of nitriles is 1. The summed E-state index contributed by atoms with van der Waals surface area (Å²) in [6.45, 7) is 6.01. The van der Waals surface area contributed by atoms with Crippen LogP contribution in [0.5, 0.6) is 0 Å². The van der Waals surface area contributed by atoms with Crippen LogP contribution in [0.1, 0.15) is 23.9 Å². The summed E-state index contributed by atoms with van der Waals surface area (Å²) < 4.78 is 1.80. The van der Waals surface area contributed by atoms with Crippen LogP contribution in [0.25, 0.3) is 5.69 Å². The zero-order valence-corrected chi connectivity index (χ0v) is 10.6. The molecule has 1 heterocycles. The molecule has 0 fully saturated rings. The van der Waals surface area contributed by atoms with E-state index in [-0.39, 0.29) is 0 Å². The zero-order chi connectivity index (χ0) is 13.0. The van der Waals surface area contributed by atoms with Gasteiger partial charge < -0.3 is 5.32 Å². The predicted molar refractivity (Wildman–Crippen MR) is 70.4 cm³/mol. The van der Waals surface area contributed by atoms with E-state index in [0.717, 1.165) is 18.8 Å². The largest absolute Gasteiger partial charge is 0.313 e. The van der Waals surface area contributed by atoms with Gasteiger partial charge in [0.15, 0.2) is 0 Å². The summed E-state index contributed by atoms with van der Waals surface area (Å²) in [5.74, 6) is 0.411. The lowest BCUT2D eigenvalue weighted by Gasteiger charge is -2.10. The van der Waals surface area contributed by atoms with Gasteiger partial charge in [-0.3, -0.25) is 4.57 Å². The standard InChI is InChI=1S/C14H16N4/c1-3-16-10-12-4-5-13(8-11(12)2)18-7-6-17-14(18)9-15/h4-8,16H,3,10H2,1-2H3. The van der Waals surface area contributed by atoms with E-state index in [1.165, 1.54) is 11.1 Å². The maximum absolute atomic E-state index is 8.97. The van der Waals surface area contributed by atoms with Crippen LogP contribution in [0.3, 0.4) is 0 Å². The summed E-state index contributed by atoms with van der Waals surface area (Å²) in [7, 11) is 0. The first-order valence-corrected chi connectivity index (χ1v) is 6.00. The van der Waals surface area contributed by atoms with E-state index in [4.69, 9.17) is 5.26 Å². The lowest BCUT2D eigenvalue weighted by atomic mass is 10.1. The van der Waals surface area contributed by atoms with Gasteiger partial charge in [0.25, 0.3) is 0 Å². The van der Waals surface area contributed by atoms with Crippen LogP contribution in [0.2, 0.25) is 0 Å². The molecule has 1 aromatic heterocycles. The molecule has 0 aliphatic rings. The van der Waals surface area contributed by atoms with E-state index in [1.54, 1.807) is 17.0 Å². The highest BCUT2D eigenvalue weighted by molar-refractivity contribution is 5.42. The number of imidazole rings is 1. The minimum absolute atomic E-state index is 0.411. The fourth-order valence-electron chi connectivity index (χ4n) is 1.88. The number of hydrogen-bond acceptors (Lipinski definition) is 3. The molecule has 0 aliphatic carbocycles. The molecule has 0 amide bonds. The van der Waals surface area contributed by atoms with Crippen molar-refractivity contribution in [3.05, 3.63) is 47.5 Å². The Labute approximate surface area is 107 Å². The van der Waals surface area contributed by atoms with Crippen molar-refractivity contribution in [1.82, 2.24) is 14.9 Å². The van der Waals surface area contributed by atoms with Crippen molar-refractivity contribution in [2.24, 2.45) is 0 Å². The fraction of sp³-hybridized carbons (Fsp3) is 0.286. The average molecular weight is 240 g/mol. The minimum atomic E-state index is 0.411. The van der Waals surface area contributed by atoms with Crippen molar-refractivity contribution in [2.75, 3.05) is 6.54 Å². The third-order valence-corrected chi connectivity index (χ3v) is 2.91. The minimum Gasteiger partial charge on any atom is -0.313 e. The van der Waals surface area contributed by atoms with E-state index in [0.29, 0.717) is 5.82 Å². The van der Waals surface area contributed by atoms with Crippen molar-refractivity contribution in [3.63, 3.8) is 0 Å². The summed E-state index contributed by atoms with van der Waals surface area (Å²) in [6, 6.07) is 8.27. The van der Waals surface area contributed by atoms with E-state index in [1.807, 2.05) is 6.07 Å². The summed E-state index contributed by atoms with van der Waals surface area (Å²) >= 11 is 0. The van der Waals surface area contributed by atoms with Crippen LogP contribution in [0.4, 0.5) is 0 Å². The number of nitrogens with zero attached hydrogens (tertiary/aromatic N) is 3. The molecule has 0 unspecified atom stereocenters. The van der Waals surface area contributed by atoms with Crippen LogP contribution in [-0.4, -0.2) is 16.1 Å². The van der Waals surface area contributed by atoms with Gasteiger partial charge in [0.1, 0.15) is 6.07 Å². The first-order valence-electron chi connectivity index (χ1n) is 6.00. The molecule has 2 aromatic rings. The van der Waals surface area contributed by atoms with Crippen LogP contribution in [0.15, 0.2) is 30.6 Å². The third kappa shape index (κ3) is 2.41. The topological polar surface area (TPSA) is 53.6 Å². The molecule has 1 aromatic carbocycles. The molecule has 0 atom stereocenters. The summed E-state index contributed by atoms with van der Waals surface area (Å²) in [5.41, 5.74) is 3.46. The van der Waals surface area contributed by atoms with Gasteiger partial charge in [-0.05, 0) is 36.7 Å². The lowest BCUT2D eigenvalue weighted by molar-refractivity contribution is 0.723. The Morgan fingerprint density at radius 2 is 2.28 bits per heavy atom. The first-order chi connectivity index (χ1) is 8.76. The Hall–Kier alpha value is -2.12. The van der Waals surface area contributed by atoms with Gasteiger partial charge in [0.2, 0.25) is 5.82 Å². The van der Waals surface area contributed by atoms with E-state index < -0.39 is 0 Å². The zero-order valence-electron chi connectivity index (χ0n) is 10.6. The fourth-order valence-corrected chi connectivity index (χ4v) is 1.88. The Kier molecular flexibility index (Phi) is 3.75. The maximum Gasteiger partial charge on any atom is 0.217 e. The molecule has 0 bridgehead atoms. The van der Waals surface area contributed by atoms with Gasteiger partial charge in [0, 0.05) is 24.6 Å². The number of benzene rings is 1. The molecule has 1 N–H and O–H groups in total. The molecular formula is C14H16N4. The molecule has 0 radical (unpaired) electrons. The molecule has 4 heteroatoms. The van der Waals surface area contributed by atoms with Gasteiger partial charge in [-0.1, -0.05) is 13.0 Å². The first kappa shape index (κ1) is 12.3. The second-order valence-corrected chi connectivity index (χ2v) is 4.12. The van der Waals surface area contributed by atoms with Crippen molar-refractivity contribution < 1.29 is 0 Å². The maximum atomic E-state index is 8.97. The normalized spacial score (nSPS) is 10.3. The van der Waals surface area contributed by atoms with Crippen LogP contribution in [-0.2, 0) is 6.54 Å². The second-order valence-electron chi connectivity index (χ2n) is 4.12.